The van der Waals surface area contributed by atoms with Crippen LogP contribution in [0.4, 0.5) is 0 Å². The molecule has 4 atom stereocenters. The van der Waals surface area contributed by atoms with Crippen molar-refractivity contribution in [3.63, 3.8) is 0 Å². The zero-order valence-electron chi connectivity index (χ0n) is 10.7. The highest BCUT2D eigenvalue weighted by atomic mass is 35.5. The van der Waals surface area contributed by atoms with E-state index in [0.717, 1.165) is 12.1 Å². The summed E-state index contributed by atoms with van der Waals surface area (Å²) >= 11 is 12.5. The first-order valence-electron chi connectivity index (χ1n) is 6.10. The minimum atomic E-state index is -1.09. The molecule has 0 saturated heterocycles. The maximum absolute atomic E-state index is 12.5. The third kappa shape index (κ3) is 2.22. The number of halogens is 2. The quantitative estimate of drug-likeness (QED) is 0.900. The van der Waals surface area contributed by atoms with Crippen LogP contribution >= 0.6 is 23.2 Å². The van der Waals surface area contributed by atoms with Gasteiger partial charge in [-0.3, -0.25) is 4.21 Å². The lowest BCUT2D eigenvalue weighted by Gasteiger charge is -2.36. The Balaban J connectivity index is 2.65. The summed E-state index contributed by atoms with van der Waals surface area (Å²) in [6.07, 6.45) is 0. The van der Waals surface area contributed by atoms with E-state index in [1.54, 1.807) is 12.1 Å². The van der Waals surface area contributed by atoms with Gasteiger partial charge in [0.1, 0.15) is 0 Å². The molecule has 1 N–H and O–H groups in total. The molecule has 1 aromatic rings. The van der Waals surface area contributed by atoms with E-state index in [9.17, 15) is 4.21 Å². The Morgan fingerprint density at radius 1 is 1.28 bits per heavy atom. The van der Waals surface area contributed by atoms with Crippen molar-refractivity contribution in [2.45, 2.75) is 37.0 Å². The van der Waals surface area contributed by atoms with E-state index in [4.69, 9.17) is 23.2 Å². The van der Waals surface area contributed by atoms with Crippen LogP contribution in [0.25, 0.3) is 0 Å². The van der Waals surface area contributed by atoms with Crippen molar-refractivity contribution in [2.24, 2.45) is 5.92 Å². The van der Waals surface area contributed by atoms with Gasteiger partial charge in [-0.25, -0.2) is 0 Å². The molecule has 1 aliphatic heterocycles. The van der Waals surface area contributed by atoms with Crippen LogP contribution in [0.1, 0.15) is 32.4 Å². The number of benzene rings is 1. The van der Waals surface area contributed by atoms with E-state index in [1.165, 1.54) is 0 Å². The minimum Gasteiger partial charge on any atom is -0.310 e. The molecule has 1 aromatic carbocycles. The molecule has 1 aliphatic rings. The third-order valence-corrected chi connectivity index (χ3v) is 6.34. The Morgan fingerprint density at radius 3 is 2.50 bits per heavy atom. The Hall–Kier alpha value is -0.0900. The molecular weight excluding hydrogens is 289 g/mol. The second-order valence-electron chi connectivity index (χ2n) is 4.67. The number of rotatable bonds is 2. The molecule has 0 fully saturated rings. The summed E-state index contributed by atoms with van der Waals surface area (Å²) in [5, 5.41) is 4.70. The largest absolute Gasteiger partial charge is 0.310 e. The molecule has 0 spiro atoms. The molecule has 0 amide bonds. The molecule has 0 aromatic heterocycles. The molecule has 18 heavy (non-hydrogen) atoms. The van der Waals surface area contributed by atoms with Gasteiger partial charge in [-0.05, 0) is 24.6 Å². The number of fused-ring (bicyclic) bond motifs is 1. The summed E-state index contributed by atoms with van der Waals surface area (Å²) in [5.74, 6) is 0.259. The highest BCUT2D eigenvalue weighted by molar-refractivity contribution is 7.86. The van der Waals surface area contributed by atoms with Gasteiger partial charge in [0, 0.05) is 21.9 Å². The summed E-state index contributed by atoms with van der Waals surface area (Å²) in [6, 6.07) is 3.63. The number of hydrogen-bond donors (Lipinski definition) is 1. The third-order valence-electron chi connectivity index (χ3n) is 3.63. The van der Waals surface area contributed by atoms with Gasteiger partial charge < -0.3 is 5.32 Å². The number of nitrogens with one attached hydrogen (secondary N) is 1. The van der Waals surface area contributed by atoms with E-state index in [2.05, 4.69) is 19.2 Å². The zero-order chi connectivity index (χ0) is 13.4. The first kappa shape index (κ1) is 14.3. The Morgan fingerprint density at radius 2 is 1.89 bits per heavy atom. The fourth-order valence-electron chi connectivity index (χ4n) is 2.47. The molecule has 2 nitrogen and oxygen atoms in total. The average molecular weight is 306 g/mol. The maximum Gasteiger partial charge on any atom is 0.0639 e. The molecule has 0 radical (unpaired) electrons. The smallest absolute Gasteiger partial charge is 0.0639 e. The van der Waals surface area contributed by atoms with Gasteiger partial charge in [0.05, 0.1) is 20.7 Å². The fourth-order valence-corrected chi connectivity index (χ4v) is 4.82. The molecule has 5 heteroatoms. The van der Waals surface area contributed by atoms with Crippen LogP contribution < -0.4 is 5.32 Å². The van der Waals surface area contributed by atoms with Gasteiger partial charge in [-0.15, -0.1) is 0 Å². The van der Waals surface area contributed by atoms with E-state index in [-0.39, 0.29) is 17.2 Å². The number of hydrogen-bond acceptors (Lipinski definition) is 2. The van der Waals surface area contributed by atoms with Crippen LogP contribution in [0.3, 0.4) is 0 Å². The van der Waals surface area contributed by atoms with E-state index in [0.29, 0.717) is 14.9 Å². The summed E-state index contributed by atoms with van der Waals surface area (Å²) in [7, 11) is -1.09. The maximum atomic E-state index is 12.5. The Kier molecular flexibility index (Phi) is 4.37. The molecule has 0 saturated carbocycles. The van der Waals surface area contributed by atoms with E-state index < -0.39 is 10.8 Å². The summed E-state index contributed by atoms with van der Waals surface area (Å²) < 4.78 is 12.5. The topological polar surface area (TPSA) is 29.1 Å². The van der Waals surface area contributed by atoms with Gasteiger partial charge in [-0.1, -0.05) is 44.0 Å². The average Bonchev–Trinajstić information content (AvgIpc) is 2.35. The van der Waals surface area contributed by atoms with Crippen LogP contribution in [0.5, 0.6) is 0 Å². The van der Waals surface area contributed by atoms with Gasteiger partial charge in [0.25, 0.3) is 0 Å². The lowest BCUT2D eigenvalue weighted by Crippen LogP contribution is -2.39. The second kappa shape index (κ2) is 5.49. The fraction of sp³-hybridized carbons (Fsp3) is 0.538. The van der Waals surface area contributed by atoms with Gasteiger partial charge >= 0.3 is 0 Å². The molecule has 1 heterocycles. The van der Waals surface area contributed by atoms with Crippen molar-refractivity contribution >= 4 is 34.0 Å². The molecule has 2 rings (SSSR count). The summed E-state index contributed by atoms with van der Waals surface area (Å²) in [5.41, 5.74) is 0.912. The standard InChI is InChI=1S/C13H17Cl2NOS/c1-4-16-12-7(2)8(3)18(17)13-10(15)6-5-9(14)11(12)13/h5-8,12,16H,4H2,1-3H3. The van der Waals surface area contributed by atoms with Crippen molar-refractivity contribution in [3.8, 4) is 0 Å². The van der Waals surface area contributed by atoms with Gasteiger partial charge in [0.15, 0.2) is 0 Å². The van der Waals surface area contributed by atoms with Crippen molar-refractivity contribution in [2.75, 3.05) is 6.54 Å². The minimum absolute atomic E-state index is 0.0671. The first-order valence-corrected chi connectivity index (χ1v) is 8.07. The van der Waals surface area contributed by atoms with Crippen LogP contribution in [-0.4, -0.2) is 16.0 Å². The molecule has 4 unspecified atom stereocenters. The van der Waals surface area contributed by atoms with Crippen molar-refractivity contribution in [3.05, 3.63) is 27.7 Å². The van der Waals surface area contributed by atoms with E-state index in [1.807, 2.05) is 6.92 Å². The monoisotopic (exact) mass is 305 g/mol. The Labute approximate surface area is 121 Å². The van der Waals surface area contributed by atoms with Gasteiger partial charge in [-0.2, -0.15) is 0 Å². The van der Waals surface area contributed by atoms with Crippen molar-refractivity contribution in [1.82, 2.24) is 5.32 Å². The van der Waals surface area contributed by atoms with Crippen molar-refractivity contribution in [1.29, 1.82) is 0 Å². The molecular formula is C13H17Cl2NOS. The summed E-state index contributed by atoms with van der Waals surface area (Å²) in [6.45, 7) is 7.01. The predicted octanol–water partition coefficient (Wildman–Crippen LogP) is 3.79. The second-order valence-corrected chi connectivity index (χ2v) is 7.23. The van der Waals surface area contributed by atoms with E-state index >= 15 is 0 Å². The highest BCUT2D eigenvalue weighted by Gasteiger charge is 2.38. The highest BCUT2D eigenvalue weighted by Crippen LogP contribution is 2.44. The predicted molar refractivity (Wildman–Crippen MR) is 77.9 cm³/mol. The molecule has 0 bridgehead atoms. The lowest BCUT2D eigenvalue weighted by molar-refractivity contribution is 0.373. The normalized spacial score (nSPS) is 31.2. The Bertz CT molecular complexity index is 492. The van der Waals surface area contributed by atoms with Gasteiger partial charge in [0.2, 0.25) is 0 Å². The first-order chi connectivity index (χ1) is 8.49. The lowest BCUT2D eigenvalue weighted by atomic mass is 9.91. The molecule has 100 valence electrons. The van der Waals surface area contributed by atoms with Crippen LogP contribution in [-0.2, 0) is 10.8 Å². The summed E-state index contributed by atoms with van der Waals surface area (Å²) in [4.78, 5) is 0.709. The van der Waals surface area contributed by atoms with Crippen LogP contribution in [0.15, 0.2) is 17.0 Å². The SMILES string of the molecule is CCNC1c2c(Cl)ccc(Cl)c2S(=O)C(C)C1C. The van der Waals surface area contributed by atoms with Crippen LogP contribution in [0, 0.1) is 5.92 Å². The zero-order valence-corrected chi connectivity index (χ0v) is 13.0. The molecule has 0 aliphatic carbocycles. The van der Waals surface area contributed by atoms with Crippen molar-refractivity contribution < 1.29 is 4.21 Å². The van der Waals surface area contributed by atoms with Crippen LogP contribution in [0.2, 0.25) is 10.0 Å².